The molecule has 1 atom stereocenters. The summed E-state index contributed by atoms with van der Waals surface area (Å²) in [7, 11) is -1.58. The smallest absolute Gasteiger partial charge is 0.214 e. The first kappa shape index (κ1) is 19.8. The van der Waals surface area contributed by atoms with E-state index in [4.69, 9.17) is 9.72 Å². The molecule has 0 unspecified atom stereocenters. The van der Waals surface area contributed by atoms with Gasteiger partial charge < -0.3 is 9.30 Å². The number of benzene rings is 1. The van der Waals surface area contributed by atoms with E-state index in [1.165, 1.54) is 0 Å². The highest BCUT2D eigenvalue weighted by Crippen LogP contribution is 2.33. The van der Waals surface area contributed by atoms with Crippen molar-refractivity contribution in [2.75, 3.05) is 26.0 Å². The van der Waals surface area contributed by atoms with Crippen LogP contribution >= 0.6 is 0 Å². The Hall–Kier alpha value is -2.45. The quantitative estimate of drug-likeness (QED) is 0.591. The number of aromatic nitrogens is 3. The maximum atomic E-state index is 12.7. The van der Waals surface area contributed by atoms with E-state index in [9.17, 15) is 8.42 Å². The van der Waals surface area contributed by atoms with Gasteiger partial charge in [0.1, 0.15) is 17.1 Å². The minimum atomic E-state index is -3.22. The fourth-order valence-electron chi connectivity index (χ4n) is 3.85. The number of pyridine rings is 1. The van der Waals surface area contributed by atoms with Crippen LogP contribution < -0.4 is 4.74 Å². The number of nitrogens with zero attached hydrogens (tertiary/aromatic N) is 4. The Morgan fingerprint density at radius 3 is 2.72 bits per heavy atom. The number of methoxy groups -OCH3 is 1. The third-order valence-corrected chi connectivity index (χ3v) is 7.36. The number of imidazole rings is 1. The number of hydrogen-bond donors (Lipinski definition) is 0. The molecule has 0 N–H and O–H groups in total. The minimum Gasteiger partial charge on any atom is -0.497 e. The van der Waals surface area contributed by atoms with E-state index >= 15 is 0 Å². The summed E-state index contributed by atoms with van der Waals surface area (Å²) >= 11 is 0. The molecule has 3 aromatic rings. The highest BCUT2D eigenvalue weighted by molar-refractivity contribution is 7.89. The van der Waals surface area contributed by atoms with Gasteiger partial charge in [-0.1, -0.05) is 13.3 Å². The predicted octanol–water partition coefficient (Wildman–Crippen LogP) is 3.48. The van der Waals surface area contributed by atoms with E-state index in [2.05, 4.69) is 9.55 Å². The Morgan fingerprint density at radius 2 is 2.00 bits per heavy atom. The molecule has 1 saturated heterocycles. The number of hydrogen-bond acceptors (Lipinski definition) is 5. The van der Waals surface area contributed by atoms with Gasteiger partial charge in [0.2, 0.25) is 10.0 Å². The highest BCUT2D eigenvalue weighted by atomic mass is 32.2. The van der Waals surface area contributed by atoms with Crippen LogP contribution in [0.1, 0.15) is 32.2 Å². The van der Waals surface area contributed by atoms with Crippen LogP contribution in [-0.2, 0) is 10.0 Å². The zero-order valence-electron chi connectivity index (χ0n) is 16.8. The van der Waals surface area contributed by atoms with Crippen LogP contribution in [0.2, 0.25) is 0 Å². The van der Waals surface area contributed by atoms with Crippen molar-refractivity contribution in [2.45, 2.75) is 32.2 Å². The van der Waals surface area contributed by atoms with Crippen LogP contribution in [0.15, 0.2) is 42.6 Å². The maximum absolute atomic E-state index is 12.7. The van der Waals surface area contributed by atoms with Crippen molar-refractivity contribution >= 4 is 21.2 Å². The van der Waals surface area contributed by atoms with Crippen LogP contribution in [0.5, 0.6) is 5.75 Å². The standard InChI is InChI=1S/C21H26N4O3S/c1-3-4-14-29(26,27)24-13-11-17(15-24)25-20(16-7-9-18(28-2)10-8-16)23-19-6-5-12-22-21(19)25/h5-10,12,17H,3-4,11,13-15H2,1-2H3/t17-/m0/s1. The number of sulfonamides is 1. The average Bonchev–Trinajstić information content (AvgIpc) is 3.37. The third kappa shape index (κ3) is 3.86. The monoisotopic (exact) mass is 414 g/mol. The molecule has 1 aromatic carbocycles. The zero-order chi connectivity index (χ0) is 20.4. The summed E-state index contributed by atoms with van der Waals surface area (Å²) in [5.41, 5.74) is 2.55. The van der Waals surface area contributed by atoms with Crippen molar-refractivity contribution in [3.8, 4) is 17.1 Å². The Kier molecular flexibility index (Phi) is 5.56. The lowest BCUT2D eigenvalue weighted by Gasteiger charge is -2.19. The molecule has 0 aliphatic carbocycles. The summed E-state index contributed by atoms with van der Waals surface area (Å²) < 4.78 is 34.3. The molecule has 1 aliphatic heterocycles. The van der Waals surface area contributed by atoms with Crippen LogP contribution in [-0.4, -0.2) is 53.2 Å². The first-order valence-electron chi connectivity index (χ1n) is 9.98. The summed E-state index contributed by atoms with van der Waals surface area (Å²) in [6.07, 6.45) is 4.06. The first-order valence-corrected chi connectivity index (χ1v) is 11.6. The molecule has 0 saturated carbocycles. The fraction of sp³-hybridized carbons (Fsp3) is 0.429. The zero-order valence-corrected chi connectivity index (χ0v) is 17.6. The normalized spacial score (nSPS) is 17.8. The van der Waals surface area contributed by atoms with Crippen molar-refractivity contribution in [2.24, 2.45) is 0 Å². The Labute approximate surface area is 171 Å². The molecule has 0 spiro atoms. The van der Waals surface area contributed by atoms with Gasteiger partial charge in [-0.3, -0.25) is 0 Å². The molecule has 0 radical (unpaired) electrons. The van der Waals surface area contributed by atoms with Gasteiger partial charge in [-0.2, -0.15) is 4.31 Å². The third-order valence-electron chi connectivity index (χ3n) is 5.44. The second kappa shape index (κ2) is 8.12. The summed E-state index contributed by atoms with van der Waals surface area (Å²) in [5.74, 6) is 1.80. The van der Waals surface area contributed by atoms with E-state index in [0.717, 1.165) is 41.1 Å². The lowest BCUT2D eigenvalue weighted by atomic mass is 10.2. The van der Waals surface area contributed by atoms with Gasteiger partial charge >= 0.3 is 0 Å². The van der Waals surface area contributed by atoms with E-state index < -0.39 is 10.0 Å². The van der Waals surface area contributed by atoms with Gasteiger partial charge in [0, 0.05) is 24.8 Å². The topological polar surface area (TPSA) is 77.3 Å². The fourth-order valence-corrected chi connectivity index (χ4v) is 5.54. The molecular weight excluding hydrogens is 388 g/mol. The Bertz CT molecular complexity index is 1090. The summed E-state index contributed by atoms with van der Waals surface area (Å²) in [6, 6.07) is 11.6. The molecule has 7 nitrogen and oxygen atoms in total. The van der Waals surface area contributed by atoms with E-state index in [0.29, 0.717) is 19.5 Å². The lowest BCUT2D eigenvalue weighted by Crippen LogP contribution is -2.31. The number of fused-ring (bicyclic) bond motifs is 1. The molecule has 3 heterocycles. The second-order valence-electron chi connectivity index (χ2n) is 7.35. The molecule has 8 heteroatoms. The molecular formula is C21H26N4O3S. The van der Waals surface area contributed by atoms with Crippen molar-refractivity contribution in [1.82, 2.24) is 18.8 Å². The largest absolute Gasteiger partial charge is 0.497 e. The molecule has 1 aliphatic rings. The van der Waals surface area contributed by atoms with Gasteiger partial charge in [-0.05, 0) is 49.2 Å². The van der Waals surface area contributed by atoms with Gasteiger partial charge in [0.15, 0.2) is 5.65 Å². The van der Waals surface area contributed by atoms with E-state index in [-0.39, 0.29) is 11.8 Å². The van der Waals surface area contributed by atoms with Crippen LogP contribution in [0.25, 0.3) is 22.6 Å². The molecule has 1 fully saturated rings. The van der Waals surface area contributed by atoms with Crippen molar-refractivity contribution in [3.63, 3.8) is 0 Å². The SMILES string of the molecule is CCCCS(=O)(=O)N1CC[C@H](n2c(-c3ccc(OC)cc3)nc3cccnc32)C1. The lowest BCUT2D eigenvalue weighted by molar-refractivity contribution is 0.415. The Morgan fingerprint density at radius 1 is 1.21 bits per heavy atom. The number of rotatable bonds is 7. The molecule has 4 rings (SSSR count). The van der Waals surface area contributed by atoms with Crippen LogP contribution in [0, 0.1) is 0 Å². The van der Waals surface area contributed by atoms with Gasteiger partial charge in [-0.25, -0.2) is 18.4 Å². The van der Waals surface area contributed by atoms with E-state index in [1.54, 1.807) is 17.6 Å². The number of ether oxygens (including phenoxy) is 1. The molecule has 0 bridgehead atoms. The van der Waals surface area contributed by atoms with Gasteiger partial charge in [0.25, 0.3) is 0 Å². The molecule has 0 amide bonds. The van der Waals surface area contributed by atoms with Crippen LogP contribution in [0.4, 0.5) is 0 Å². The van der Waals surface area contributed by atoms with Crippen molar-refractivity contribution < 1.29 is 13.2 Å². The molecule has 154 valence electrons. The highest BCUT2D eigenvalue weighted by Gasteiger charge is 2.34. The molecule has 29 heavy (non-hydrogen) atoms. The number of unbranched alkanes of at least 4 members (excludes halogenated alkanes) is 1. The summed E-state index contributed by atoms with van der Waals surface area (Å²) in [5, 5.41) is 0. The van der Waals surface area contributed by atoms with Crippen molar-refractivity contribution in [1.29, 1.82) is 0 Å². The van der Waals surface area contributed by atoms with Crippen molar-refractivity contribution in [3.05, 3.63) is 42.6 Å². The van der Waals surface area contributed by atoms with Gasteiger partial charge in [-0.15, -0.1) is 0 Å². The summed E-state index contributed by atoms with van der Waals surface area (Å²) in [6.45, 7) is 3.00. The maximum Gasteiger partial charge on any atom is 0.214 e. The van der Waals surface area contributed by atoms with E-state index in [1.807, 2.05) is 43.3 Å². The average molecular weight is 415 g/mol. The predicted molar refractivity (Wildman–Crippen MR) is 113 cm³/mol. The second-order valence-corrected chi connectivity index (χ2v) is 9.44. The first-order chi connectivity index (χ1) is 14.0. The molecule has 2 aromatic heterocycles. The minimum absolute atomic E-state index is 0.00315. The van der Waals surface area contributed by atoms with Crippen LogP contribution in [0.3, 0.4) is 0 Å². The van der Waals surface area contributed by atoms with Gasteiger partial charge in [0.05, 0.1) is 18.9 Å². The summed E-state index contributed by atoms with van der Waals surface area (Å²) in [4.78, 5) is 9.36. The Balaban J connectivity index is 1.71.